The number of ether oxygens (including phenoxy) is 1. The Labute approximate surface area is 135 Å². The highest BCUT2D eigenvalue weighted by Crippen LogP contribution is 2.22. The zero-order chi connectivity index (χ0) is 15.6. The molecule has 2 rings (SSSR count). The van der Waals surface area contributed by atoms with Gasteiger partial charge >= 0.3 is 5.97 Å². The third-order valence-electron chi connectivity index (χ3n) is 2.96. The van der Waals surface area contributed by atoms with Gasteiger partial charge in [-0.15, -0.1) is 0 Å². The fourth-order valence-electron chi connectivity index (χ4n) is 1.96. The van der Waals surface area contributed by atoms with Crippen LogP contribution in [0.3, 0.4) is 0 Å². The first-order chi connectivity index (χ1) is 9.95. The molecule has 0 radical (unpaired) electrons. The minimum Gasteiger partial charge on any atom is -0.464 e. The van der Waals surface area contributed by atoms with E-state index >= 15 is 0 Å². The van der Waals surface area contributed by atoms with Gasteiger partial charge in [-0.1, -0.05) is 12.1 Å². The number of rotatable bonds is 3. The maximum Gasteiger partial charge on any atom is 0.358 e. The van der Waals surface area contributed by atoms with Gasteiger partial charge in [0, 0.05) is 10.6 Å². The average Bonchev–Trinajstić information content (AvgIpc) is 2.73. The van der Waals surface area contributed by atoms with Crippen molar-refractivity contribution in [3.05, 3.63) is 44.8 Å². The molecular formula is C14H14IN3O3. The molecule has 1 heterocycles. The summed E-state index contributed by atoms with van der Waals surface area (Å²) in [5.41, 5.74) is 1.68. The quantitative estimate of drug-likeness (QED) is 0.636. The molecule has 0 aliphatic carbocycles. The van der Waals surface area contributed by atoms with Gasteiger partial charge in [-0.3, -0.25) is 9.48 Å². The lowest BCUT2D eigenvalue weighted by Crippen LogP contribution is -2.17. The van der Waals surface area contributed by atoms with Crippen LogP contribution >= 0.6 is 22.6 Å². The van der Waals surface area contributed by atoms with Crippen molar-refractivity contribution in [3.63, 3.8) is 0 Å². The number of carbonyl (C=O) groups excluding carboxylic acids is 2. The molecule has 7 heteroatoms. The highest BCUT2D eigenvalue weighted by atomic mass is 127. The third kappa shape index (κ3) is 3.07. The maximum absolute atomic E-state index is 12.4. The molecule has 0 spiro atoms. The van der Waals surface area contributed by atoms with Crippen molar-refractivity contribution in [2.24, 2.45) is 7.05 Å². The molecule has 21 heavy (non-hydrogen) atoms. The Bertz CT molecular complexity index is 709. The first kappa shape index (κ1) is 15.5. The van der Waals surface area contributed by atoms with Crippen molar-refractivity contribution in [2.75, 3.05) is 12.4 Å². The summed E-state index contributed by atoms with van der Waals surface area (Å²) in [6.07, 6.45) is 0. The zero-order valence-corrected chi connectivity index (χ0v) is 14.0. The number of aromatic nitrogens is 2. The smallest absolute Gasteiger partial charge is 0.358 e. The molecule has 0 aliphatic rings. The second kappa shape index (κ2) is 6.25. The lowest BCUT2D eigenvalue weighted by Gasteiger charge is -2.08. The van der Waals surface area contributed by atoms with Crippen molar-refractivity contribution >= 4 is 40.2 Å². The number of carbonyl (C=O) groups is 2. The van der Waals surface area contributed by atoms with Crippen molar-refractivity contribution in [3.8, 4) is 0 Å². The van der Waals surface area contributed by atoms with E-state index in [1.54, 1.807) is 26.1 Å². The van der Waals surface area contributed by atoms with Crippen LogP contribution in [0.5, 0.6) is 0 Å². The van der Waals surface area contributed by atoms with Gasteiger partial charge in [-0.05, 0) is 41.6 Å². The van der Waals surface area contributed by atoms with E-state index in [1.807, 2.05) is 12.1 Å². The summed E-state index contributed by atoms with van der Waals surface area (Å²) in [4.78, 5) is 24.2. The van der Waals surface area contributed by atoms with Crippen molar-refractivity contribution in [1.29, 1.82) is 0 Å². The summed E-state index contributed by atoms with van der Waals surface area (Å²) in [6, 6.07) is 7.20. The number of aryl methyl sites for hydroxylation is 2. The summed E-state index contributed by atoms with van der Waals surface area (Å²) in [6.45, 7) is 1.72. The van der Waals surface area contributed by atoms with Gasteiger partial charge in [0.2, 0.25) is 0 Å². The predicted molar refractivity (Wildman–Crippen MR) is 86.4 cm³/mol. The molecule has 6 nitrogen and oxygen atoms in total. The minimum absolute atomic E-state index is 0.217. The Kier molecular flexibility index (Phi) is 4.61. The monoisotopic (exact) mass is 399 g/mol. The first-order valence-corrected chi connectivity index (χ1v) is 7.21. The SMILES string of the molecule is COC(=O)c1c(NC(=O)c2ccccc2I)c(C)nn1C. The van der Waals surface area contributed by atoms with Crippen LogP contribution in [-0.2, 0) is 11.8 Å². The Morgan fingerprint density at radius 1 is 1.33 bits per heavy atom. The summed E-state index contributed by atoms with van der Waals surface area (Å²) < 4.78 is 6.95. The molecule has 1 aromatic carbocycles. The van der Waals surface area contributed by atoms with E-state index in [0.29, 0.717) is 16.9 Å². The van der Waals surface area contributed by atoms with E-state index in [4.69, 9.17) is 4.74 Å². The van der Waals surface area contributed by atoms with Crippen LogP contribution in [0.15, 0.2) is 24.3 Å². The summed E-state index contributed by atoms with van der Waals surface area (Å²) >= 11 is 2.09. The second-order valence-corrected chi connectivity index (χ2v) is 5.52. The van der Waals surface area contributed by atoms with E-state index in [-0.39, 0.29) is 11.6 Å². The van der Waals surface area contributed by atoms with E-state index in [9.17, 15) is 9.59 Å². The van der Waals surface area contributed by atoms with Crippen LogP contribution in [-0.4, -0.2) is 28.8 Å². The Morgan fingerprint density at radius 3 is 2.62 bits per heavy atom. The molecule has 1 N–H and O–H groups in total. The predicted octanol–water partition coefficient (Wildman–Crippen LogP) is 2.37. The molecule has 0 saturated carbocycles. The number of hydrogen-bond acceptors (Lipinski definition) is 4. The van der Waals surface area contributed by atoms with Crippen molar-refractivity contribution < 1.29 is 14.3 Å². The normalized spacial score (nSPS) is 10.3. The molecule has 2 aromatic rings. The second-order valence-electron chi connectivity index (χ2n) is 4.36. The van der Waals surface area contributed by atoms with Crippen LogP contribution in [0, 0.1) is 10.5 Å². The first-order valence-electron chi connectivity index (χ1n) is 6.13. The van der Waals surface area contributed by atoms with E-state index < -0.39 is 5.97 Å². The van der Waals surface area contributed by atoms with Gasteiger partial charge in [-0.2, -0.15) is 5.10 Å². The molecular weight excluding hydrogens is 385 g/mol. The number of nitrogens with zero attached hydrogens (tertiary/aromatic N) is 2. The number of hydrogen-bond donors (Lipinski definition) is 1. The average molecular weight is 399 g/mol. The molecule has 0 aliphatic heterocycles. The standard InChI is InChI=1S/C14H14IN3O3/c1-8-11(12(14(20)21-3)18(2)17-8)16-13(19)9-6-4-5-7-10(9)15/h4-7H,1-3H3,(H,16,19). The fourth-order valence-corrected chi connectivity index (χ4v) is 2.60. The van der Waals surface area contributed by atoms with Crippen LogP contribution < -0.4 is 5.32 Å². The van der Waals surface area contributed by atoms with Crippen LogP contribution in [0.4, 0.5) is 5.69 Å². The van der Waals surface area contributed by atoms with Crippen molar-refractivity contribution in [1.82, 2.24) is 9.78 Å². The van der Waals surface area contributed by atoms with E-state index in [0.717, 1.165) is 3.57 Å². The van der Waals surface area contributed by atoms with Crippen LogP contribution in [0.2, 0.25) is 0 Å². The number of anilines is 1. The largest absolute Gasteiger partial charge is 0.464 e. The number of methoxy groups -OCH3 is 1. The van der Waals surface area contributed by atoms with Gasteiger partial charge in [0.1, 0.15) is 0 Å². The van der Waals surface area contributed by atoms with Crippen LogP contribution in [0.25, 0.3) is 0 Å². The number of esters is 1. The van der Waals surface area contributed by atoms with Gasteiger partial charge in [-0.25, -0.2) is 4.79 Å². The zero-order valence-electron chi connectivity index (χ0n) is 11.8. The van der Waals surface area contributed by atoms with Gasteiger partial charge in [0.15, 0.2) is 5.69 Å². The molecule has 1 aromatic heterocycles. The van der Waals surface area contributed by atoms with Gasteiger partial charge < -0.3 is 10.1 Å². The molecule has 0 bridgehead atoms. The van der Waals surface area contributed by atoms with Gasteiger partial charge in [0.25, 0.3) is 5.91 Å². The Morgan fingerprint density at radius 2 is 2.00 bits per heavy atom. The number of amides is 1. The molecule has 0 unspecified atom stereocenters. The number of benzene rings is 1. The van der Waals surface area contributed by atoms with E-state index in [2.05, 4.69) is 33.0 Å². The fraction of sp³-hybridized carbons (Fsp3) is 0.214. The molecule has 0 saturated heterocycles. The highest BCUT2D eigenvalue weighted by molar-refractivity contribution is 14.1. The third-order valence-corrected chi connectivity index (χ3v) is 3.90. The summed E-state index contributed by atoms with van der Waals surface area (Å²) in [5, 5.41) is 6.89. The Balaban J connectivity index is 2.38. The lowest BCUT2D eigenvalue weighted by atomic mass is 10.2. The molecule has 0 fully saturated rings. The lowest BCUT2D eigenvalue weighted by molar-refractivity contribution is 0.0589. The van der Waals surface area contributed by atoms with E-state index in [1.165, 1.54) is 11.8 Å². The molecule has 0 atom stereocenters. The summed E-state index contributed by atoms with van der Waals surface area (Å²) in [7, 11) is 2.91. The van der Waals surface area contributed by atoms with Crippen LogP contribution in [0.1, 0.15) is 26.5 Å². The molecule has 110 valence electrons. The minimum atomic E-state index is -0.545. The topological polar surface area (TPSA) is 73.2 Å². The maximum atomic E-state index is 12.4. The molecule has 1 amide bonds. The summed E-state index contributed by atoms with van der Waals surface area (Å²) in [5.74, 6) is -0.836. The Hall–Kier alpha value is -1.90. The highest BCUT2D eigenvalue weighted by Gasteiger charge is 2.23. The van der Waals surface area contributed by atoms with Crippen molar-refractivity contribution in [2.45, 2.75) is 6.92 Å². The number of nitrogens with one attached hydrogen (secondary N) is 1. The van der Waals surface area contributed by atoms with Gasteiger partial charge in [0.05, 0.1) is 24.1 Å². The number of halogens is 1.